The van der Waals surface area contributed by atoms with Crippen molar-refractivity contribution < 1.29 is 9.53 Å². The van der Waals surface area contributed by atoms with E-state index in [9.17, 15) is 4.79 Å². The molecule has 2 N–H and O–H groups in total. The topological polar surface area (TPSA) is 78.9 Å². The van der Waals surface area contributed by atoms with Crippen LogP contribution >= 0.6 is 35.3 Å². The maximum Gasteiger partial charge on any atom is 0.409 e. The van der Waals surface area contributed by atoms with Gasteiger partial charge in [0.05, 0.1) is 18.2 Å². The normalized spacial score (nSPS) is 15.5. The minimum absolute atomic E-state index is 0. The number of aryl methyl sites for hydroxylation is 1. The number of likely N-dealkylation sites (tertiary alicyclic amines) is 1. The lowest BCUT2D eigenvalue weighted by Crippen LogP contribution is -2.49. The smallest absolute Gasteiger partial charge is 0.409 e. The highest BCUT2D eigenvalue weighted by Crippen LogP contribution is 2.13. The van der Waals surface area contributed by atoms with E-state index in [-0.39, 0.29) is 30.1 Å². The Morgan fingerprint density at radius 3 is 2.72 bits per heavy atom. The van der Waals surface area contributed by atoms with Gasteiger partial charge in [0.2, 0.25) is 0 Å². The lowest BCUT2D eigenvalue weighted by atomic mass is 10.1. The Morgan fingerprint density at radius 1 is 1.44 bits per heavy atom. The summed E-state index contributed by atoms with van der Waals surface area (Å²) in [5.74, 6) is 0.818. The summed E-state index contributed by atoms with van der Waals surface area (Å²) in [6, 6.07) is 0.316. The third kappa shape index (κ3) is 7.35. The van der Waals surface area contributed by atoms with E-state index in [1.54, 1.807) is 16.2 Å². The standard InChI is InChI=1S/C16H27N5O2S.HI/c1-4-17-15(19-11-14-10-18-12(3)24-14)20-13-6-8-21(9-7-13)16(22)23-5-2;/h10,13H,4-9,11H2,1-3H3,(H2,17,19,20);1H. The van der Waals surface area contributed by atoms with E-state index in [0.29, 0.717) is 32.3 Å². The predicted octanol–water partition coefficient (Wildman–Crippen LogP) is 2.75. The van der Waals surface area contributed by atoms with E-state index >= 15 is 0 Å². The number of halogens is 1. The van der Waals surface area contributed by atoms with Gasteiger partial charge in [0.25, 0.3) is 0 Å². The van der Waals surface area contributed by atoms with Crippen molar-refractivity contribution in [1.82, 2.24) is 20.5 Å². The van der Waals surface area contributed by atoms with Gasteiger partial charge in [0.15, 0.2) is 5.96 Å². The molecule has 1 aromatic heterocycles. The Kier molecular flexibility index (Phi) is 10.1. The molecule has 25 heavy (non-hydrogen) atoms. The van der Waals surface area contributed by atoms with Crippen molar-refractivity contribution >= 4 is 47.4 Å². The van der Waals surface area contributed by atoms with Crippen molar-refractivity contribution in [3.63, 3.8) is 0 Å². The molecule has 0 atom stereocenters. The van der Waals surface area contributed by atoms with Crippen LogP contribution in [0.4, 0.5) is 4.79 Å². The molecule has 0 saturated carbocycles. The molecular formula is C16H28IN5O2S. The summed E-state index contributed by atoms with van der Waals surface area (Å²) < 4.78 is 5.05. The Balaban J connectivity index is 0.00000312. The second kappa shape index (κ2) is 11.5. The van der Waals surface area contributed by atoms with Crippen LogP contribution in [0.3, 0.4) is 0 Å². The summed E-state index contributed by atoms with van der Waals surface area (Å²) in [4.78, 5) is 23.5. The van der Waals surface area contributed by atoms with Gasteiger partial charge in [0, 0.05) is 36.8 Å². The van der Waals surface area contributed by atoms with Crippen LogP contribution in [0.15, 0.2) is 11.2 Å². The largest absolute Gasteiger partial charge is 0.450 e. The van der Waals surface area contributed by atoms with Crippen molar-refractivity contribution in [3.05, 3.63) is 16.1 Å². The highest BCUT2D eigenvalue weighted by Gasteiger charge is 2.24. The first kappa shape index (κ1) is 21.9. The number of guanidine groups is 1. The number of piperidine rings is 1. The van der Waals surface area contributed by atoms with E-state index in [2.05, 4.69) is 27.5 Å². The Bertz CT molecular complexity index is 558. The van der Waals surface area contributed by atoms with E-state index < -0.39 is 0 Å². The monoisotopic (exact) mass is 481 g/mol. The molecule has 1 aliphatic heterocycles. The van der Waals surface area contributed by atoms with Crippen molar-refractivity contribution in [2.45, 2.75) is 46.2 Å². The third-order valence-corrected chi connectivity index (χ3v) is 4.67. The van der Waals surface area contributed by atoms with Gasteiger partial charge in [-0.05, 0) is 33.6 Å². The molecule has 0 bridgehead atoms. The first-order chi connectivity index (χ1) is 11.6. The average molecular weight is 481 g/mol. The van der Waals surface area contributed by atoms with E-state index in [0.717, 1.165) is 35.2 Å². The number of aliphatic imine (C=N–C) groups is 1. The zero-order valence-electron chi connectivity index (χ0n) is 15.1. The van der Waals surface area contributed by atoms with Gasteiger partial charge in [-0.3, -0.25) is 0 Å². The Labute approximate surface area is 170 Å². The van der Waals surface area contributed by atoms with Crippen molar-refractivity contribution in [1.29, 1.82) is 0 Å². The molecule has 7 nitrogen and oxygen atoms in total. The lowest BCUT2D eigenvalue weighted by Gasteiger charge is -2.32. The third-order valence-electron chi connectivity index (χ3n) is 3.77. The number of thiazole rings is 1. The highest BCUT2D eigenvalue weighted by atomic mass is 127. The average Bonchev–Trinajstić information content (AvgIpc) is 2.99. The zero-order chi connectivity index (χ0) is 17.4. The van der Waals surface area contributed by atoms with Gasteiger partial charge in [-0.2, -0.15) is 0 Å². The second-order valence-corrected chi connectivity index (χ2v) is 6.96. The molecule has 0 aromatic carbocycles. The van der Waals surface area contributed by atoms with Crippen LogP contribution in [-0.2, 0) is 11.3 Å². The fourth-order valence-corrected chi connectivity index (χ4v) is 3.29. The van der Waals surface area contributed by atoms with E-state index in [4.69, 9.17) is 4.74 Å². The molecule has 2 rings (SSSR count). The minimum Gasteiger partial charge on any atom is -0.450 e. The van der Waals surface area contributed by atoms with Crippen LogP contribution in [-0.4, -0.2) is 54.2 Å². The minimum atomic E-state index is -0.211. The molecule has 0 aliphatic carbocycles. The lowest BCUT2D eigenvalue weighted by molar-refractivity contribution is 0.0963. The summed E-state index contributed by atoms with van der Waals surface area (Å²) in [6.07, 6.45) is 3.45. The van der Waals surface area contributed by atoms with Crippen molar-refractivity contribution in [2.24, 2.45) is 4.99 Å². The van der Waals surface area contributed by atoms with Crippen molar-refractivity contribution in [3.8, 4) is 0 Å². The number of ether oxygens (including phenoxy) is 1. The first-order valence-corrected chi connectivity index (χ1v) is 9.31. The molecule has 0 unspecified atom stereocenters. The summed E-state index contributed by atoms with van der Waals surface area (Å²) in [6.45, 7) is 9.17. The van der Waals surface area contributed by atoms with E-state index in [1.807, 2.05) is 20.0 Å². The van der Waals surface area contributed by atoms with Crippen LogP contribution in [0.25, 0.3) is 0 Å². The number of hydrogen-bond donors (Lipinski definition) is 2. The number of carbonyl (C=O) groups excluding carboxylic acids is 1. The number of rotatable bonds is 5. The summed E-state index contributed by atoms with van der Waals surface area (Å²) >= 11 is 1.67. The van der Waals surface area contributed by atoms with Gasteiger partial charge >= 0.3 is 6.09 Å². The molecule has 0 spiro atoms. The van der Waals surface area contributed by atoms with Crippen molar-refractivity contribution in [2.75, 3.05) is 26.2 Å². The fraction of sp³-hybridized carbons (Fsp3) is 0.688. The Hall–Kier alpha value is -1.10. The molecule has 142 valence electrons. The van der Waals surface area contributed by atoms with Crippen LogP contribution in [0.5, 0.6) is 0 Å². The Morgan fingerprint density at radius 2 is 2.16 bits per heavy atom. The zero-order valence-corrected chi connectivity index (χ0v) is 18.2. The molecule has 1 fully saturated rings. The summed E-state index contributed by atoms with van der Waals surface area (Å²) in [5.41, 5.74) is 0. The highest BCUT2D eigenvalue weighted by molar-refractivity contribution is 14.0. The van der Waals surface area contributed by atoms with E-state index in [1.165, 1.54) is 0 Å². The van der Waals surface area contributed by atoms with Gasteiger partial charge in [-0.1, -0.05) is 0 Å². The number of carbonyl (C=O) groups is 1. The van der Waals surface area contributed by atoms with Gasteiger partial charge in [-0.15, -0.1) is 35.3 Å². The summed E-state index contributed by atoms with van der Waals surface area (Å²) in [7, 11) is 0. The first-order valence-electron chi connectivity index (χ1n) is 8.50. The number of aromatic nitrogens is 1. The van der Waals surface area contributed by atoms with Crippen LogP contribution in [0.2, 0.25) is 0 Å². The maximum atomic E-state index is 11.7. The molecule has 1 saturated heterocycles. The number of hydrogen-bond acceptors (Lipinski definition) is 5. The maximum absolute atomic E-state index is 11.7. The summed E-state index contributed by atoms with van der Waals surface area (Å²) in [5, 5.41) is 7.81. The van der Waals surface area contributed by atoms with Gasteiger partial charge in [-0.25, -0.2) is 14.8 Å². The molecule has 9 heteroatoms. The number of nitrogens with one attached hydrogen (secondary N) is 2. The molecule has 1 amide bonds. The number of amides is 1. The van der Waals surface area contributed by atoms with Crippen LogP contribution in [0.1, 0.15) is 36.6 Å². The van der Waals surface area contributed by atoms with Gasteiger partial charge < -0.3 is 20.3 Å². The molecule has 1 aliphatic rings. The second-order valence-electron chi connectivity index (χ2n) is 5.65. The quantitative estimate of drug-likeness (QED) is 0.384. The molecule has 2 heterocycles. The predicted molar refractivity (Wildman–Crippen MR) is 112 cm³/mol. The van der Waals surface area contributed by atoms with Crippen LogP contribution < -0.4 is 10.6 Å². The number of nitrogens with zero attached hydrogens (tertiary/aromatic N) is 3. The molecule has 1 aromatic rings. The SMILES string of the molecule is CCNC(=NCc1cnc(C)s1)NC1CCN(C(=O)OCC)CC1.I. The molecular weight excluding hydrogens is 453 g/mol. The molecule has 0 radical (unpaired) electrons. The van der Waals surface area contributed by atoms with Crippen LogP contribution in [0, 0.1) is 6.92 Å². The van der Waals surface area contributed by atoms with Gasteiger partial charge in [0.1, 0.15) is 0 Å². The fourth-order valence-electron chi connectivity index (χ4n) is 2.57.